The number of amides is 1. The number of phosphoric acid groups is 1. The topological polar surface area (TPSA) is 108 Å². The zero-order valence-electron chi connectivity index (χ0n) is 52.6. The van der Waals surface area contributed by atoms with Crippen LogP contribution in [-0.4, -0.2) is 68.5 Å². The smallest absolute Gasteiger partial charge is 0.268 e. The number of aliphatic hydroxyl groups is 1. The van der Waals surface area contributed by atoms with Crippen LogP contribution in [0.4, 0.5) is 0 Å². The van der Waals surface area contributed by atoms with Crippen LogP contribution in [0.1, 0.15) is 335 Å². The molecule has 460 valence electrons. The highest BCUT2D eigenvalue weighted by Crippen LogP contribution is 2.38. The predicted molar refractivity (Wildman–Crippen MR) is 339 cm³/mol. The largest absolute Gasteiger partial charge is 0.756 e. The van der Waals surface area contributed by atoms with Gasteiger partial charge in [0.1, 0.15) is 13.2 Å². The Kier molecular flexibility index (Phi) is 58.9. The first-order valence-corrected chi connectivity index (χ1v) is 35.5. The standard InChI is InChI=1S/C69H133N2O6P/c1-6-8-10-12-14-16-18-20-22-24-26-28-30-32-33-34-35-36-37-39-41-43-45-47-49-51-53-55-57-59-61-63-69(73)70-67(66-77-78(74,75)76-65-64-71(3,4)5)68(72)62-60-58-56-54-52-50-48-46-44-42-40-38-31-29-27-25-23-21-19-17-15-13-11-9-7-2/h26,28,32-33,52,54,60,62,67-68,72H,6-25,27,29-31,34-51,53,55-59,61,63-66H2,1-5H3,(H-,70,73,74,75)/b28-26-,33-32-,54-52+,62-60+. The summed E-state index contributed by atoms with van der Waals surface area (Å²) in [6, 6.07) is -0.905. The van der Waals surface area contributed by atoms with E-state index in [-0.39, 0.29) is 12.5 Å². The first kappa shape index (κ1) is 76.5. The number of rotatable bonds is 63. The number of hydrogen-bond acceptors (Lipinski definition) is 6. The Hall–Kier alpha value is -1.54. The zero-order valence-corrected chi connectivity index (χ0v) is 53.5. The number of nitrogens with one attached hydrogen (secondary N) is 1. The molecule has 0 rings (SSSR count). The average Bonchev–Trinajstić information content (AvgIpc) is 3.41. The van der Waals surface area contributed by atoms with Crippen molar-refractivity contribution in [3.05, 3.63) is 48.6 Å². The lowest BCUT2D eigenvalue weighted by atomic mass is 10.0. The minimum Gasteiger partial charge on any atom is -0.756 e. The molecule has 0 spiro atoms. The number of likely N-dealkylation sites (N-methyl/N-ethyl adjacent to an activating group) is 1. The van der Waals surface area contributed by atoms with E-state index in [1.807, 2.05) is 27.2 Å². The van der Waals surface area contributed by atoms with Crippen LogP contribution in [0.5, 0.6) is 0 Å². The third kappa shape index (κ3) is 62.1. The van der Waals surface area contributed by atoms with Crippen LogP contribution in [0, 0.1) is 0 Å². The number of allylic oxidation sites excluding steroid dienone is 7. The van der Waals surface area contributed by atoms with Gasteiger partial charge in [0, 0.05) is 6.42 Å². The van der Waals surface area contributed by atoms with Crippen molar-refractivity contribution in [1.29, 1.82) is 0 Å². The molecule has 8 nitrogen and oxygen atoms in total. The van der Waals surface area contributed by atoms with E-state index in [2.05, 4.69) is 55.6 Å². The minimum atomic E-state index is -4.61. The summed E-state index contributed by atoms with van der Waals surface area (Å²) in [6.07, 6.45) is 80.9. The molecule has 0 aromatic carbocycles. The van der Waals surface area contributed by atoms with E-state index in [1.165, 1.54) is 270 Å². The second kappa shape index (κ2) is 60.1. The first-order chi connectivity index (χ1) is 38.0. The van der Waals surface area contributed by atoms with Gasteiger partial charge in [-0.2, -0.15) is 0 Å². The van der Waals surface area contributed by atoms with E-state index in [4.69, 9.17) is 9.05 Å². The molecule has 0 saturated heterocycles. The average molecular weight is 1120 g/mol. The third-order valence-corrected chi connectivity index (χ3v) is 16.5. The Morgan fingerprint density at radius 2 is 0.756 bits per heavy atom. The number of carbonyl (C=O) groups is 1. The van der Waals surface area contributed by atoms with E-state index >= 15 is 0 Å². The van der Waals surface area contributed by atoms with Crippen molar-refractivity contribution in [1.82, 2.24) is 5.32 Å². The molecule has 3 unspecified atom stereocenters. The molecule has 0 radical (unpaired) electrons. The Bertz CT molecular complexity index is 1410. The van der Waals surface area contributed by atoms with Gasteiger partial charge in [-0.15, -0.1) is 0 Å². The van der Waals surface area contributed by atoms with Crippen molar-refractivity contribution < 1.29 is 32.9 Å². The normalized spacial score (nSPS) is 14.0. The van der Waals surface area contributed by atoms with Gasteiger partial charge in [-0.1, -0.05) is 313 Å². The van der Waals surface area contributed by atoms with Gasteiger partial charge in [-0.05, 0) is 64.2 Å². The monoisotopic (exact) mass is 1120 g/mol. The summed E-state index contributed by atoms with van der Waals surface area (Å²) in [5.74, 6) is -0.203. The maximum atomic E-state index is 13.0. The van der Waals surface area contributed by atoms with Crippen molar-refractivity contribution in [2.24, 2.45) is 0 Å². The third-order valence-electron chi connectivity index (χ3n) is 15.5. The molecule has 3 atom stereocenters. The molecule has 0 fully saturated rings. The molecule has 0 heterocycles. The summed E-state index contributed by atoms with van der Waals surface area (Å²) < 4.78 is 23.4. The fourth-order valence-corrected chi connectivity index (χ4v) is 10.9. The Labute approximate surface area is 486 Å². The van der Waals surface area contributed by atoms with Crippen LogP contribution in [0.2, 0.25) is 0 Å². The van der Waals surface area contributed by atoms with Gasteiger partial charge >= 0.3 is 0 Å². The lowest BCUT2D eigenvalue weighted by molar-refractivity contribution is -0.870. The summed E-state index contributed by atoms with van der Waals surface area (Å²) in [5.41, 5.74) is 0. The highest BCUT2D eigenvalue weighted by Gasteiger charge is 2.23. The number of nitrogens with zero attached hydrogens (tertiary/aromatic N) is 1. The molecule has 0 saturated carbocycles. The summed E-state index contributed by atoms with van der Waals surface area (Å²) in [7, 11) is 1.25. The molecule has 9 heteroatoms. The van der Waals surface area contributed by atoms with E-state index in [0.29, 0.717) is 17.4 Å². The highest BCUT2D eigenvalue weighted by atomic mass is 31.2. The number of phosphoric ester groups is 1. The zero-order chi connectivity index (χ0) is 57.0. The number of quaternary nitrogens is 1. The van der Waals surface area contributed by atoms with Crippen molar-refractivity contribution in [2.75, 3.05) is 40.9 Å². The first-order valence-electron chi connectivity index (χ1n) is 34.0. The molecule has 0 aromatic rings. The van der Waals surface area contributed by atoms with Crippen LogP contribution in [0.25, 0.3) is 0 Å². The number of aliphatic hydroxyl groups excluding tert-OH is 1. The van der Waals surface area contributed by atoms with E-state index in [1.54, 1.807) is 6.08 Å². The van der Waals surface area contributed by atoms with Crippen molar-refractivity contribution >= 4 is 13.7 Å². The van der Waals surface area contributed by atoms with Crippen molar-refractivity contribution in [3.63, 3.8) is 0 Å². The summed E-state index contributed by atoms with van der Waals surface area (Å²) >= 11 is 0. The Morgan fingerprint density at radius 1 is 0.449 bits per heavy atom. The fourth-order valence-electron chi connectivity index (χ4n) is 10.2. The Morgan fingerprint density at radius 3 is 1.12 bits per heavy atom. The lowest BCUT2D eigenvalue weighted by Crippen LogP contribution is -2.45. The molecule has 0 bridgehead atoms. The van der Waals surface area contributed by atoms with Gasteiger partial charge in [0.05, 0.1) is 39.9 Å². The molecular weight excluding hydrogens is 984 g/mol. The van der Waals surface area contributed by atoms with Gasteiger partial charge in [-0.3, -0.25) is 9.36 Å². The number of unbranched alkanes of at least 4 members (excludes halogenated alkanes) is 44. The quantitative estimate of drug-likeness (QED) is 0.0272. The lowest BCUT2D eigenvalue weighted by Gasteiger charge is -2.29. The van der Waals surface area contributed by atoms with Gasteiger partial charge in [0.2, 0.25) is 5.91 Å². The second-order valence-electron chi connectivity index (χ2n) is 24.5. The predicted octanol–water partition coefficient (Wildman–Crippen LogP) is 20.8. The van der Waals surface area contributed by atoms with Gasteiger partial charge in [0.25, 0.3) is 7.82 Å². The van der Waals surface area contributed by atoms with Gasteiger partial charge < -0.3 is 28.8 Å². The second-order valence-corrected chi connectivity index (χ2v) is 25.9. The maximum absolute atomic E-state index is 13.0. The van der Waals surface area contributed by atoms with Crippen LogP contribution in [-0.2, 0) is 18.4 Å². The fraction of sp³-hybridized carbons (Fsp3) is 0.870. The SMILES string of the molecule is CCCCCCCCCCC/C=C\C/C=C\CCCCCCCCCCCCCCCCCC(=O)NC(COP(=O)([O-])OCC[N+](C)(C)C)C(O)/C=C/CC/C=C/CCCCCCCCCCCCCCCCCCCCC. The van der Waals surface area contributed by atoms with Gasteiger partial charge in [-0.25, -0.2) is 0 Å². The molecule has 0 aliphatic rings. The maximum Gasteiger partial charge on any atom is 0.268 e. The molecule has 2 N–H and O–H groups in total. The molecule has 1 amide bonds. The summed E-state index contributed by atoms with van der Waals surface area (Å²) in [5, 5.41) is 13.9. The van der Waals surface area contributed by atoms with Crippen LogP contribution in [0.15, 0.2) is 48.6 Å². The van der Waals surface area contributed by atoms with Gasteiger partial charge in [0.15, 0.2) is 0 Å². The minimum absolute atomic E-state index is 0.00601. The van der Waals surface area contributed by atoms with Crippen LogP contribution in [0.3, 0.4) is 0 Å². The van der Waals surface area contributed by atoms with Crippen molar-refractivity contribution in [3.8, 4) is 0 Å². The summed E-state index contributed by atoms with van der Waals surface area (Å²) in [4.78, 5) is 25.6. The van der Waals surface area contributed by atoms with E-state index < -0.39 is 26.6 Å². The van der Waals surface area contributed by atoms with E-state index in [0.717, 1.165) is 44.9 Å². The van der Waals surface area contributed by atoms with Crippen LogP contribution >= 0.6 is 7.82 Å². The summed E-state index contributed by atoms with van der Waals surface area (Å²) in [6.45, 7) is 4.68. The number of carbonyl (C=O) groups excluding carboxylic acids is 1. The van der Waals surface area contributed by atoms with Crippen LogP contribution < -0.4 is 10.2 Å². The highest BCUT2D eigenvalue weighted by molar-refractivity contribution is 7.45. The van der Waals surface area contributed by atoms with Crippen molar-refractivity contribution in [2.45, 2.75) is 347 Å². The Balaban J connectivity index is 4.11. The van der Waals surface area contributed by atoms with E-state index in [9.17, 15) is 19.4 Å². The molecule has 0 aromatic heterocycles. The molecule has 0 aliphatic carbocycles. The number of hydrogen-bond donors (Lipinski definition) is 2. The molecule has 0 aliphatic heterocycles. The molecule has 78 heavy (non-hydrogen) atoms. The molecular formula is C69H133N2O6P.